The third-order valence-corrected chi connectivity index (χ3v) is 4.16. The summed E-state index contributed by atoms with van der Waals surface area (Å²) >= 11 is 0. The molecule has 0 aliphatic carbocycles. The number of hydrogen-bond acceptors (Lipinski definition) is 5. The summed E-state index contributed by atoms with van der Waals surface area (Å²) in [6, 6.07) is 4.29. The molecule has 0 aliphatic heterocycles. The van der Waals surface area contributed by atoms with E-state index in [1.165, 1.54) is 25.2 Å². The van der Waals surface area contributed by atoms with Crippen molar-refractivity contribution in [3.05, 3.63) is 18.2 Å². The van der Waals surface area contributed by atoms with Gasteiger partial charge in [0, 0.05) is 6.54 Å². The van der Waals surface area contributed by atoms with Gasteiger partial charge in [0.25, 0.3) is 0 Å². The Hall–Kier alpha value is -1.80. The minimum Gasteiger partial charge on any atom is -0.397 e. The van der Waals surface area contributed by atoms with Gasteiger partial charge in [0.05, 0.1) is 22.8 Å². The molecular formula is C13H22N4O3S. The zero-order valence-corrected chi connectivity index (χ0v) is 13.3. The molecular weight excluding hydrogens is 292 g/mol. The predicted molar refractivity (Wildman–Crippen MR) is 83.4 cm³/mol. The van der Waals surface area contributed by atoms with Gasteiger partial charge in [-0.25, -0.2) is 13.1 Å². The van der Waals surface area contributed by atoms with Crippen LogP contribution in [0, 0.1) is 5.92 Å². The minimum absolute atomic E-state index is 0.0278. The average molecular weight is 314 g/mol. The van der Waals surface area contributed by atoms with E-state index >= 15 is 0 Å². The lowest BCUT2D eigenvalue weighted by Crippen LogP contribution is -2.32. The molecule has 8 heteroatoms. The summed E-state index contributed by atoms with van der Waals surface area (Å²) in [7, 11) is -2.21. The molecule has 1 rings (SSSR count). The van der Waals surface area contributed by atoms with E-state index in [0.29, 0.717) is 23.8 Å². The van der Waals surface area contributed by atoms with Crippen LogP contribution in [0.4, 0.5) is 11.4 Å². The maximum absolute atomic E-state index is 11.7. The van der Waals surface area contributed by atoms with Gasteiger partial charge in [-0.05, 0) is 31.2 Å². The van der Waals surface area contributed by atoms with Crippen molar-refractivity contribution in [2.45, 2.75) is 18.7 Å². The van der Waals surface area contributed by atoms with E-state index < -0.39 is 10.0 Å². The Morgan fingerprint density at radius 2 is 2.00 bits per heavy atom. The lowest BCUT2D eigenvalue weighted by atomic mass is 10.2. The first-order chi connectivity index (χ1) is 9.76. The summed E-state index contributed by atoms with van der Waals surface area (Å²) in [6.45, 7) is 4.61. The van der Waals surface area contributed by atoms with Crippen LogP contribution in [-0.2, 0) is 14.8 Å². The second-order valence-electron chi connectivity index (χ2n) is 5.01. The Morgan fingerprint density at radius 1 is 1.33 bits per heavy atom. The molecule has 0 spiro atoms. The van der Waals surface area contributed by atoms with Crippen molar-refractivity contribution in [3.8, 4) is 0 Å². The van der Waals surface area contributed by atoms with Gasteiger partial charge in [-0.15, -0.1) is 0 Å². The first-order valence-corrected chi connectivity index (χ1v) is 8.08. The zero-order chi connectivity index (χ0) is 16.0. The summed E-state index contributed by atoms with van der Waals surface area (Å²) in [6.07, 6.45) is 0. The molecule has 0 heterocycles. The Labute approximate surface area is 125 Å². The van der Waals surface area contributed by atoms with Gasteiger partial charge < -0.3 is 16.4 Å². The monoisotopic (exact) mass is 314 g/mol. The molecule has 0 unspecified atom stereocenters. The van der Waals surface area contributed by atoms with Crippen molar-refractivity contribution < 1.29 is 13.2 Å². The molecule has 1 aromatic rings. The quantitative estimate of drug-likeness (QED) is 0.543. The van der Waals surface area contributed by atoms with E-state index in [4.69, 9.17) is 5.73 Å². The summed E-state index contributed by atoms with van der Waals surface area (Å²) in [5, 5.41) is 5.60. The van der Waals surface area contributed by atoms with Gasteiger partial charge in [0.2, 0.25) is 15.9 Å². The predicted octanol–water partition coefficient (Wildman–Crippen LogP) is 0.361. The van der Waals surface area contributed by atoms with E-state index in [1.54, 1.807) is 0 Å². The van der Waals surface area contributed by atoms with Crippen LogP contribution in [-0.4, -0.2) is 34.5 Å². The molecule has 5 N–H and O–H groups in total. The molecule has 118 valence electrons. The molecule has 0 saturated carbocycles. The molecule has 0 saturated heterocycles. The number of sulfonamides is 1. The SMILES string of the molecule is CNS(=O)(=O)c1ccc(N)c(NCC(=O)NCC(C)C)c1. The second-order valence-corrected chi connectivity index (χ2v) is 6.89. The maximum Gasteiger partial charge on any atom is 0.240 e. The van der Waals surface area contributed by atoms with Gasteiger partial charge in [-0.2, -0.15) is 0 Å². The molecule has 0 bridgehead atoms. The van der Waals surface area contributed by atoms with Crippen LogP contribution >= 0.6 is 0 Å². The molecule has 0 aliphatic rings. The number of carbonyl (C=O) groups excluding carboxylic acids is 1. The van der Waals surface area contributed by atoms with Crippen LogP contribution in [0.15, 0.2) is 23.1 Å². The standard InChI is InChI=1S/C13H22N4O3S/c1-9(2)7-17-13(18)8-16-12-6-10(4-5-11(12)14)21(19,20)15-3/h4-6,9,15-16H,7-8,14H2,1-3H3,(H,17,18). The first-order valence-electron chi connectivity index (χ1n) is 6.60. The summed E-state index contributed by atoms with van der Waals surface area (Å²) in [5.74, 6) is 0.188. The number of nitrogen functional groups attached to an aromatic ring is 1. The van der Waals surface area contributed by atoms with Crippen LogP contribution in [0.2, 0.25) is 0 Å². The molecule has 1 amide bonds. The summed E-state index contributed by atoms with van der Waals surface area (Å²) in [4.78, 5) is 11.7. The van der Waals surface area contributed by atoms with E-state index in [9.17, 15) is 13.2 Å². The fraction of sp³-hybridized carbons (Fsp3) is 0.462. The number of carbonyl (C=O) groups is 1. The molecule has 0 aromatic heterocycles. The highest BCUT2D eigenvalue weighted by atomic mass is 32.2. The number of nitrogens with one attached hydrogen (secondary N) is 3. The maximum atomic E-state index is 11.7. The smallest absolute Gasteiger partial charge is 0.240 e. The van der Waals surface area contributed by atoms with Crippen molar-refractivity contribution in [1.29, 1.82) is 0 Å². The van der Waals surface area contributed by atoms with Crippen molar-refractivity contribution >= 4 is 27.3 Å². The van der Waals surface area contributed by atoms with E-state index in [1.807, 2.05) is 13.8 Å². The van der Waals surface area contributed by atoms with Gasteiger partial charge in [0.15, 0.2) is 0 Å². The van der Waals surface area contributed by atoms with E-state index in [2.05, 4.69) is 15.4 Å². The number of benzene rings is 1. The van der Waals surface area contributed by atoms with Crippen molar-refractivity contribution in [2.24, 2.45) is 5.92 Å². The molecule has 1 aromatic carbocycles. The topological polar surface area (TPSA) is 113 Å². The fourth-order valence-electron chi connectivity index (χ4n) is 1.53. The normalized spacial score (nSPS) is 11.4. The lowest BCUT2D eigenvalue weighted by Gasteiger charge is -2.12. The van der Waals surface area contributed by atoms with Gasteiger partial charge in [0.1, 0.15) is 0 Å². The number of rotatable bonds is 7. The largest absolute Gasteiger partial charge is 0.397 e. The van der Waals surface area contributed by atoms with Crippen LogP contribution < -0.4 is 21.1 Å². The van der Waals surface area contributed by atoms with Crippen molar-refractivity contribution in [1.82, 2.24) is 10.0 Å². The molecule has 0 atom stereocenters. The summed E-state index contributed by atoms with van der Waals surface area (Å²) in [5.41, 5.74) is 6.56. The Kier molecular flexibility index (Phi) is 5.98. The van der Waals surface area contributed by atoms with Gasteiger partial charge >= 0.3 is 0 Å². The summed E-state index contributed by atoms with van der Waals surface area (Å²) < 4.78 is 25.7. The molecule has 0 fully saturated rings. The Balaban J connectivity index is 2.75. The van der Waals surface area contributed by atoms with Gasteiger partial charge in [-0.3, -0.25) is 4.79 Å². The highest BCUT2D eigenvalue weighted by Crippen LogP contribution is 2.22. The van der Waals surface area contributed by atoms with Crippen molar-refractivity contribution in [3.63, 3.8) is 0 Å². The number of anilines is 2. The van der Waals surface area contributed by atoms with Gasteiger partial charge in [-0.1, -0.05) is 13.8 Å². The Bertz CT molecular complexity index is 599. The number of amides is 1. The highest BCUT2D eigenvalue weighted by molar-refractivity contribution is 7.89. The third kappa shape index (κ3) is 5.24. The first kappa shape index (κ1) is 17.3. The minimum atomic E-state index is -3.54. The Morgan fingerprint density at radius 3 is 2.57 bits per heavy atom. The molecule has 0 radical (unpaired) electrons. The van der Waals surface area contributed by atoms with Crippen LogP contribution in [0.1, 0.15) is 13.8 Å². The van der Waals surface area contributed by atoms with Crippen LogP contribution in [0.5, 0.6) is 0 Å². The van der Waals surface area contributed by atoms with Crippen LogP contribution in [0.25, 0.3) is 0 Å². The molecule has 7 nitrogen and oxygen atoms in total. The number of hydrogen-bond donors (Lipinski definition) is 4. The lowest BCUT2D eigenvalue weighted by molar-refractivity contribution is -0.119. The van der Waals surface area contributed by atoms with E-state index in [0.717, 1.165) is 0 Å². The molecule has 21 heavy (non-hydrogen) atoms. The number of nitrogens with two attached hydrogens (primary N) is 1. The van der Waals surface area contributed by atoms with E-state index in [-0.39, 0.29) is 17.3 Å². The fourth-order valence-corrected chi connectivity index (χ4v) is 2.29. The highest BCUT2D eigenvalue weighted by Gasteiger charge is 2.13. The van der Waals surface area contributed by atoms with Crippen LogP contribution in [0.3, 0.4) is 0 Å². The second kappa shape index (κ2) is 7.28. The average Bonchev–Trinajstić information content (AvgIpc) is 2.43. The zero-order valence-electron chi connectivity index (χ0n) is 12.4. The van der Waals surface area contributed by atoms with Crippen molar-refractivity contribution in [2.75, 3.05) is 31.2 Å². The third-order valence-electron chi connectivity index (χ3n) is 2.75.